The minimum Gasteiger partial charge on any atom is -1.00 e. The fraction of sp³-hybridized carbons (Fsp3) is 1.00. The maximum atomic E-state index is 5.55. The van der Waals surface area contributed by atoms with Gasteiger partial charge in [-0.15, -0.1) is 0 Å². The SMILES string of the molecule is CC(C)CC(N)CN.[Cl-].[Cl-].[Pt+2]. The molecule has 5 heteroatoms. The Morgan fingerprint density at radius 2 is 1.55 bits per heavy atom. The van der Waals surface area contributed by atoms with Gasteiger partial charge in [-0.3, -0.25) is 0 Å². The monoisotopic (exact) mass is 381 g/mol. The van der Waals surface area contributed by atoms with Crippen LogP contribution in [0.2, 0.25) is 0 Å². The van der Waals surface area contributed by atoms with Gasteiger partial charge >= 0.3 is 21.1 Å². The molecule has 0 aromatic heterocycles. The van der Waals surface area contributed by atoms with Crippen molar-refractivity contribution in [2.45, 2.75) is 26.3 Å². The zero-order valence-electron chi connectivity index (χ0n) is 6.80. The Bertz CT molecular complexity index is 64.5. The Labute approximate surface area is 95.9 Å². The first-order chi connectivity index (χ1) is 3.66. The van der Waals surface area contributed by atoms with Crippen molar-refractivity contribution < 1.29 is 45.9 Å². The van der Waals surface area contributed by atoms with Crippen molar-refractivity contribution in [1.29, 1.82) is 0 Å². The molecule has 0 fully saturated rings. The minimum atomic E-state index is 0. The number of nitrogens with two attached hydrogens (primary N) is 2. The molecule has 0 amide bonds. The second-order valence-electron chi connectivity index (χ2n) is 2.63. The maximum absolute atomic E-state index is 5.55. The van der Waals surface area contributed by atoms with Gasteiger partial charge in [0, 0.05) is 12.6 Å². The van der Waals surface area contributed by atoms with Crippen LogP contribution in [0, 0.1) is 5.92 Å². The zero-order valence-corrected chi connectivity index (χ0v) is 10.6. The van der Waals surface area contributed by atoms with Crippen molar-refractivity contribution in [2.24, 2.45) is 17.4 Å². The van der Waals surface area contributed by atoms with Crippen molar-refractivity contribution >= 4 is 0 Å². The number of rotatable bonds is 3. The molecule has 0 spiro atoms. The molecule has 0 heterocycles. The first kappa shape index (κ1) is 22.8. The predicted molar refractivity (Wildman–Crippen MR) is 36.5 cm³/mol. The molecule has 0 radical (unpaired) electrons. The number of halogens is 2. The first-order valence-electron chi connectivity index (χ1n) is 3.12. The Balaban J connectivity index is -0.0000000817. The Hall–Kier alpha value is 1.19. The van der Waals surface area contributed by atoms with Crippen LogP contribution in [0.15, 0.2) is 0 Å². The number of hydrogen-bond acceptors (Lipinski definition) is 2. The third-order valence-corrected chi connectivity index (χ3v) is 1.08. The summed E-state index contributed by atoms with van der Waals surface area (Å²) in [5, 5.41) is 0. The molecule has 0 aromatic rings. The maximum Gasteiger partial charge on any atom is 2.00 e. The summed E-state index contributed by atoms with van der Waals surface area (Å²) in [6, 6.07) is 0.204. The number of hydrogen-bond donors (Lipinski definition) is 2. The first-order valence-corrected chi connectivity index (χ1v) is 3.12. The molecule has 0 aliphatic heterocycles. The van der Waals surface area contributed by atoms with Gasteiger partial charge in [-0.2, -0.15) is 0 Å². The van der Waals surface area contributed by atoms with Crippen molar-refractivity contribution in [3.05, 3.63) is 0 Å². The van der Waals surface area contributed by atoms with Gasteiger partial charge in [0.25, 0.3) is 0 Å². The second-order valence-corrected chi connectivity index (χ2v) is 2.63. The van der Waals surface area contributed by atoms with Crippen LogP contribution in [0.1, 0.15) is 20.3 Å². The van der Waals surface area contributed by atoms with E-state index < -0.39 is 0 Å². The summed E-state index contributed by atoms with van der Waals surface area (Å²) in [6.07, 6.45) is 1.04. The van der Waals surface area contributed by atoms with Gasteiger partial charge in [0.05, 0.1) is 0 Å². The topological polar surface area (TPSA) is 52.0 Å². The Morgan fingerprint density at radius 3 is 1.64 bits per heavy atom. The van der Waals surface area contributed by atoms with Gasteiger partial charge in [-0.1, -0.05) is 13.8 Å². The fourth-order valence-electron chi connectivity index (χ4n) is 0.702. The minimum absolute atomic E-state index is 0. The molecular formula is C6H16Cl2N2Pt. The van der Waals surface area contributed by atoms with Crippen LogP contribution in [0.4, 0.5) is 0 Å². The molecule has 0 saturated carbocycles. The van der Waals surface area contributed by atoms with E-state index in [1.54, 1.807) is 0 Å². The van der Waals surface area contributed by atoms with Crippen molar-refractivity contribution in [3.63, 3.8) is 0 Å². The molecule has 2 nitrogen and oxygen atoms in total. The molecule has 0 aliphatic rings. The summed E-state index contributed by atoms with van der Waals surface area (Å²) in [4.78, 5) is 0. The molecule has 74 valence electrons. The van der Waals surface area contributed by atoms with Crippen molar-refractivity contribution in [3.8, 4) is 0 Å². The molecule has 0 rings (SSSR count). The smallest absolute Gasteiger partial charge is 1.00 e. The van der Waals surface area contributed by atoms with Crippen molar-refractivity contribution in [1.82, 2.24) is 0 Å². The van der Waals surface area contributed by atoms with E-state index in [2.05, 4.69) is 13.8 Å². The van der Waals surface area contributed by atoms with Gasteiger partial charge in [0.2, 0.25) is 0 Å². The van der Waals surface area contributed by atoms with Crippen LogP contribution in [0.3, 0.4) is 0 Å². The van der Waals surface area contributed by atoms with Crippen LogP contribution in [-0.2, 0) is 21.1 Å². The molecule has 11 heavy (non-hydrogen) atoms. The zero-order chi connectivity index (χ0) is 6.57. The quantitative estimate of drug-likeness (QED) is 0.512. The summed E-state index contributed by atoms with van der Waals surface area (Å²) >= 11 is 0. The van der Waals surface area contributed by atoms with Gasteiger partial charge in [-0.05, 0) is 12.3 Å². The van der Waals surface area contributed by atoms with E-state index in [1.165, 1.54) is 0 Å². The summed E-state index contributed by atoms with van der Waals surface area (Å²) in [6.45, 7) is 4.91. The normalized spacial score (nSPS) is 10.6. The van der Waals surface area contributed by atoms with Crippen molar-refractivity contribution in [2.75, 3.05) is 6.54 Å². The molecule has 1 unspecified atom stereocenters. The summed E-state index contributed by atoms with van der Waals surface area (Å²) in [7, 11) is 0. The standard InChI is InChI=1S/C6H16N2.2ClH.Pt/c1-5(2)3-6(8)4-7;;;/h5-6H,3-4,7-8H2,1-2H3;2*1H;/q;;;+2/p-2. The third-order valence-electron chi connectivity index (χ3n) is 1.08. The molecule has 0 bridgehead atoms. The Morgan fingerprint density at radius 1 is 1.18 bits per heavy atom. The predicted octanol–water partition coefficient (Wildman–Crippen LogP) is -5.68. The molecule has 0 aromatic carbocycles. The summed E-state index contributed by atoms with van der Waals surface area (Å²) in [5.74, 6) is 0.675. The largest absolute Gasteiger partial charge is 2.00 e. The Kier molecular flexibility index (Phi) is 28.5. The van der Waals surface area contributed by atoms with Gasteiger partial charge < -0.3 is 36.3 Å². The summed E-state index contributed by atoms with van der Waals surface area (Å²) in [5.41, 5.74) is 10.8. The van der Waals surface area contributed by atoms with Crippen LogP contribution < -0.4 is 36.3 Å². The van der Waals surface area contributed by atoms with E-state index >= 15 is 0 Å². The van der Waals surface area contributed by atoms with E-state index in [0.29, 0.717) is 12.5 Å². The molecular weight excluding hydrogens is 366 g/mol. The van der Waals surface area contributed by atoms with Crippen LogP contribution in [0.25, 0.3) is 0 Å². The van der Waals surface area contributed by atoms with Gasteiger partial charge in [0.15, 0.2) is 0 Å². The average molecular weight is 382 g/mol. The molecule has 1 atom stereocenters. The van der Waals surface area contributed by atoms with E-state index in [1.807, 2.05) is 0 Å². The molecule has 4 N–H and O–H groups in total. The fourth-order valence-corrected chi connectivity index (χ4v) is 0.702. The summed E-state index contributed by atoms with van der Waals surface area (Å²) < 4.78 is 0. The van der Waals surface area contributed by atoms with Gasteiger partial charge in [0.1, 0.15) is 0 Å². The van der Waals surface area contributed by atoms with E-state index in [9.17, 15) is 0 Å². The molecule has 0 aliphatic carbocycles. The van der Waals surface area contributed by atoms with E-state index in [4.69, 9.17) is 11.5 Å². The third kappa shape index (κ3) is 18.3. The van der Waals surface area contributed by atoms with Gasteiger partial charge in [-0.25, -0.2) is 0 Å². The van der Waals surface area contributed by atoms with E-state index in [0.717, 1.165) is 6.42 Å². The molecule has 0 saturated heterocycles. The average Bonchev–Trinajstić information content (AvgIpc) is 1.65. The van der Waals surface area contributed by atoms with Crippen LogP contribution in [-0.4, -0.2) is 12.6 Å². The second kappa shape index (κ2) is 13.8. The van der Waals surface area contributed by atoms with Crippen LogP contribution >= 0.6 is 0 Å². The van der Waals surface area contributed by atoms with E-state index in [-0.39, 0.29) is 51.9 Å². The van der Waals surface area contributed by atoms with Crippen LogP contribution in [0.5, 0.6) is 0 Å².